The van der Waals surface area contributed by atoms with Gasteiger partial charge >= 0.3 is 5.97 Å². The van der Waals surface area contributed by atoms with Crippen molar-refractivity contribution in [2.45, 2.75) is 148 Å². The van der Waals surface area contributed by atoms with Gasteiger partial charge in [-0.2, -0.15) is 0 Å². The van der Waals surface area contributed by atoms with E-state index >= 15 is 0 Å². The predicted molar refractivity (Wildman–Crippen MR) is 282 cm³/mol. The van der Waals surface area contributed by atoms with Crippen molar-refractivity contribution in [2.24, 2.45) is 0 Å². The Labute approximate surface area is 447 Å². The minimum absolute atomic E-state index is 0.0402. The molecule has 1 atom stereocenters. The second-order valence-electron chi connectivity index (χ2n) is 17.0. The van der Waals surface area contributed by atoms with Gasteiger partial charge in [-0.1, -0.05) is 89.9 Å². The Morgan fingerprint density at radius 2 is 0.787 bits per heavy atom. The van der Waals surface area contributed by atoms with Crippen molar-refractivity contribution < 1.29 is 86.5 Å². The summed E-state index contributed by atoms with van der Waals surface area (Å²) in [5.41, 5.74) is 0. The number of aldehydes is 1. The van der Waals surface area contributed by atoms with E-state index in [0.29, 0.717) is 131 Å². The summed E-state index contributed by atoms with van der Waals surface area (Å²) in [4.78, 5) is 89.6. The molecule has 0 rings (SSSR count). The predicted octanol–water partition coefficient (Wildman–Crippen LogP) is 2.99. The van der Waals surface area contributed by atoms with Crippen LogP contribution in [0.1, 0.15) is 142 Å². The summed E-state index contributed by atoms with van der Waals surface area (Å²) in [6.07, 6.45) is 21.2. The fourth-order valence-corrected chi connectivity index (χ4v) is 6.51. The van der Waals surface area contributed by atoms with E-state index in [1.165, 1.54) is 71.1 Å². The number of carboxylic acids is 1. The second-order valence-corrected chi connectivity index (χ2v) is 17.0. The zero-order valence-electron chi connectivity index (χ0n) is 45.9. The summed E-state index contributed by atoms with van der Waals surface area (Å²) < 4.78 is 41.6. The topological polar surface area (TPSA) is 311 Å². The average molecular weight is 1080 g/mol. The third-order valence-electron chi connectivity index (χ3n) is 10.4. The Bertz CT molecular complexity index is 1350. The van der Waals surface area contributed by atoms with Crippen LogP contribution in [0.3, 0.4) is 0 Å². The average Bonchev–Trinajstić information content (AvgIpc) is 3.39. The molecule has 0 aromatic carbocycles. The molecule has 23 heteroatoms. The molecule has 0 heterocycles. The minimum atomic E-state index is -0.686. The summed E-state index contributed by atoms with van der Waals surface area (Å²) >= 11 is 0. The number of hydrogen-bond acceptors (Lipinski definition) is 17. The van der Waals surface area contributed by atoms with E-state index in [4.69, 9.17) is 48.1 Å². The largest absolute Gasteiger partial charge is 0.481 e. The maximum atomic E-state index is 12.1. The molecule has 5 amide bonds. The molecular formula is C52H99N5O18. The number of rotatable bonds is 56. The molecule has 23 nitrogen and oxygen atoms in total. The van der Waals surface area contributed by atoms with E-state index in [2.05, 4.69) is 26.6 Å². The quantitative estimate of drug-likeness (QED) is 0.0340. The first-order valence-electron chi connectivity index (χ1n) is 27.0. The normalized spacial score (nSPS) is 11.0. The third-order valence-corrected chi connectivity index (χ3v) is 10.4. The number of nitrogens with one attached hydrogen (secondary N) is 5. The van der Waals surface area contributed by atoms with Gasteiger partial charge in [0, 0.05) is 59.2 Å². The van der Waals surface area contributed by atoms with Crippen molar-refractivity contribution in [3.8, 4) is 0 Å². The lowest BCUT2D eigenvalue weighted by molar-refractivity contribution is -0.137. The SMILES string of the molecule is CC(=O)COCCOCCNC(=O)COCCOCCNC(=O)COCCOCCNC=O.CCOCCOCCNC(=O)CC[C@@H](C=O)NC(=O)CCCCCCCCCCCCCCCCCCC(=O)O.CO. The number of ketones is 1. The number of aliphatic hydroxyl groups excluding tert-OH is 1. The molecule has 0 saturated heterocycles. The highest BCUT2D eigenvalue weighted by molar-refractivity contribution is 5.81. The Hall–Kier alpha value is -4.20. The lowest BCUT2D eigenvalue weighted by Gasteiger charge is -2.13. The van der Waals surface area contributed by atoms with Gasteiger partial charge in [0.2, 0.25) is 30.0 Å². The Balaban J connectivity index is -0.00000136. The number of aliphatic carboxylic acids is 1. The lowest BCUT2D eigenvalue weighted by atomic mass is 10.0. The number of Topliss-reactive ketones (excluding diaryl/α,β-unsaturated/α-hetero) is 1. The smallest absolute Gasteiger partial charge is 0.303 e. The second kappa shape index (κ2) is 64.1. The van der Waals surface area contributed by atoms with Crippen molar-refractivity contribution in [2.75, 3.05) is 139 Å². The van der Waals surface area contributed by atoms with Crippen LogP contribution in [0.4, 0.5) is 0 Å². The molecule has 7 N–H and O–H groups in total. The molecule has 0 aromatic rings. The summed E-state index contributed by atoms with van der Waals surface area (Å²) in [6.45, 7) is 9.74. The van der Waals surface area contributed by atoms with E-state index in [9.17, 15) is 38.4 Å². The van der Waals surface area contributed by atoms with Gasteiger partial charge in [-0.15, -0.1) is 0 Å². The number of carboxylic acid groups (broad SMARTS) is 1. The fourth-order valence-electron chi connectivity index (χ4n) is 6.51. The van der Waals surface area contributed by atoms with E-state index in [1.807, 2.05) is 6.92 Å². The molecule has 0 spiro atoms. The van der Waals surface area contributed by atoms with Gasteiger partial charge in [-0.25, -0.2) is 0 Å². The third kappa shape index (κ3) is 67.8. The summed E-state index contributed by atoms with van der Waals surface area (Å²) in [6, 6.07) is -0.629. The highest BCUT2D eigenvalue weighted by atomic mass is 16.5. The number of carbonyl (C=O) groups excluding carboxylic acids is 7. The van der Waals surface area contributed by atoms with Gasteiger partial charge in [0.05, 0.1) is 85.3 Å². The van der Waals surface area contributed by atoms with E-state index in [-0.39, 0.29) is 68.9 Å². The Morgan fingerprint density at radius 3 is 1.17 bits per heavy atom. The summed E-state index contributed by atoms with van der Waals surface area (Å²) in [5, 5.41) is 28.8. The molecule has 440 valence electrons. The van der Waals surface area contributed by atoms with Gasteiger partial charge in [0.25, 0.3) is 0 Å². The number of unbranched alkanes of at least 4 members (excludes halogenated alkanes) is 15. The number of carbonyl (C=O) groups is 8. The van der Waals surface area contributed by atoms with Crippen LogP contribution in [-0.4, -0.2) is 203 Å². The van der Waals surface area contributed by atoms with Crippen LogP contribution in [0.15, 0.2) is 0 Å². The molecule has 0 aromatic heterocycles. The molecule has 75 heavy (non-hydrogen) atoms. The highest BCUT2D eigenvalue weighted by Gasteiger charge is 2.13. The van der Waals surface area contributed by atoms with Gasteiger partial charge in [0.1, 0.15) is 26.1 Å². The van der Waals surface area contributed by atoms with Crippen molar-refractivity contribution in [3.05, 3.63) is 0 Å². The van der Waals surface area contributed by atoms with E-state index in [0.717, 1.165) is 45.6 Å². The Morgan fingerprint density at radius 1 is 0.427 bits per heavy atom. The van der Waals surface area contributed by atoms with Crippen LogP contribution in [0, 0.1) is 0 Å². The first-order valence-corrected chi connectivity index (χ1v) is 27.0. The maximum Gasteiger partial charge on any atom is 0.303 e. The number of ether oxygens (including phenoxy) is 8. The Kier molecular flexibility index (Phi) is 64.1. The van der Waals surface area contributed by atoms with Gasteiger partial charge < -0.3 is 79.5 Å². The number of aliphatic hydroxyl groups is 1. The van der Waals surface area contributed by atoms with Crippen LogP contribution in [0.25, 0.3) is 0 Å². The summed E-state index contributed by atoms with van der Waals surface area (Å²) in [5.74, 6) is -1.54. The van der Waals surface area contributed by atoms with Gasteiger partial charge in [-0.3, -0.25) is 33.6 Å². The zero-order chi connectivity index (χ0) is 55.9. The van der Waals surface area contributed by atoms with Crippen molar-refractivity contribution >= 4 is 48.1 Å². The molecule has 0 bridgehead atoms. The highest BCUT2D eigenvalue weighted by Crippen LogP contribution is 2.14. The number of amides is 5. The molecule has 0 radical (unpaired) electrons. The maximum absolute atomic E-state index is 12.1. The van der Waals surface area contributed by atoms with Crippen LogP contribution < -0.4 is 26.6 Å². The molecule has 0 saturated carbocycles. The van der Waals surface area contributed by atoms with Crippen LogP contribution >= 0.6 is 0 Å². The number of hydrogen-bond donors (Lipinski definition) is 7. The van der Waals surface area contributed by atoms with Crippen LogP contribution in [-0.2, 0) is 76.3 Å². The molecule has 0 aliphatic carbocycles. The van der Waals surface area contributed by atoms with Crippen molar-refractivity contribution in [1.29, 1.82) is 0 Å². The zero-order valence-corrected chi connectivity index (χ0v) is 45.9. The first kappa shape index (κ1) is 75.0. The molecule has 0 fully saturated rings. The lowest BCUT2D eigenvalue weighted by Crippen LogP contribution is -2.37. The first-order chi connectivity index (χ1) is 36.5. The minimum Gasteiger partial charge on any atom is -0.481 e. The van der Waals surface area contributed by atoms with Gasteiger partial charge in [-0.05, 0) is 33.1 Å². The fraction of sp³-hybridized carbons (Fsp3) is 0.846. The van der Waals surface area contributed by atoms with E-state index in [1.54, 1.807) is 0 Å². The van der Waals surface area contributed by atoms with Crippen molar-refractivity contribution in [1.82, 2.24) is 26.6 Å². The molecule has 0 aliphatic rings. The molecule has 0 unspecified atom stereocenters. The summed E-state index contributed by atoms with van der Waals surface area (Å²) in [7, 11) is 1.00. The van der Waals surface area contributed by atoms with Gasteiger partial charge in [0.15, 0.2) is 5.78 Å². The van der Waals surface area contributed by atoms with E-state index < -0.39 is 12.0 Å². The van der Waals surface area contributed by atoms with Crippen LogP contribution in [0.2, 0.25) is 0 Å². The standard InChI is InChI=1S/C31H58N2O7.C20H37N3O10.CH4O/c1-2-39-25-26-40-24-23-32-29(35)22-21-28(27-34)33-30(36)19-17-15-13-11-9-7-5-3-4-6-8-10-12-14-16-18-20-31(37)38;1-18(25)14-31-11-8-29-6-3-22-20(27)16-33-13-10-30-7-4-23-19(26)15-32-12-9-28-5-2-21-17-24;1-2/h27-28H,2-26H2,1H3,(H,32,35)(H,33,36)(H,37,38);17H,2-16H2,1H3,(H,21,24)(H,22,27)(H,23,26);2H,1H3/t28-;;/m0../s1. The van der Waals surface area contributed by atoms with Crippen LogP contribution in [0.5, 0.6) is 0 Å². The van der Waals surface area contributed by atoms with Crippen molar-refractivity contribution in [3.63, 3.8) is 0 Å². The molecular weight excluding hydrogens is 983 g/mol. The monoisotopic (exact) mass is 1080 g/mol. The molecule has 0 aliphatic heterocycles.